The van der Waals surface area contributed by atoms with Crippen LogP contribution in [0.2, 0.25) is 18.1 Å². The summed E-state index contributed by atoms with van der Waals surface area (Å²) in [5.74, 6) is -0.110. The number of rotatable bonds is 11. The zero-order chi connectivity index (χ0) is 32.3. The Labute approximate surface area is 251 Å². The van der Waals surface area contributed by atoms with Gasteiger partial charge in [0.15, 0.2) is 13.2 Å². The molecule has 1 amide bonds. The van der Waals surface area contributed by atoms with Gasteiger partial charge in [-0.05, 0) is 56.5 Å². The van der Waals surface area contributed by atoms with Gasteiger partial charge in [0.2, 0.25) is 0 Å². The lowest BCUT2D eigenvalue weighted by atomic mass is 9.89. The summed E-state index contributed by atoms with van der Waals surface area (Å²) in [5.41, 5.74) is -0.634. The highest BCUT2D eigenvalue weighted by Crippen LogP contribution is 2.38. The Morgan fingerprint density at radius 1 is 1.21 bits per heavy atom. The maximum Gasteiger partial charge on any atom is 0.410 e. The van der Waals surface area contributed by atoms with Crippen LogP contribution in [0.4, 0.5) is 10.5 Å². The maximum absolute atomic E-state index is 14.0. The van der Waals surface area contributed by atoms with Crippen LogP contribution in [0, 0.1) is 16.0 Å². The van der Waals surface area contributed by atoms with Gasteiger partial charge in [0, 0.05) is 12.6 Å². The van der Waals surface area contributed by atoms with Crippen molar-refractivity contribution in [2.45, 2.75) is 96.1 Å². The van der Waals surface area contributed by atoms with E-state index in [0.29, 0.717) is 0 Å². The van der Waals surface area contributed by atoms with Crippen molar-refractivity contribution in [2.24, 2.45) is 5.92 Å². The molecule has 236 valence electrons. The average Bonchev–Trinajstić information content (AvgIpc) is 2.85. The minimum absolute atomic E-state index is 0.0730. The smallest absolute Gasteiger partial charge is 0.410 e. The van der Waals surface area contributed by atoms with Crippen LogP contribution >= 0.6 is 0 Å². The number of hydrogen-bond acceptors (Lipinski definition) is 8. The molecule has 2 atom stereocenters. The van der Waals surface area contributed by atoms with Crippen LogP contribution in [0.25, 0.3) is 0 Å². The molecule has 0 spiro atoms. The number of ether oxygens (including phenoxy) is 1. The summed E-state index contributed by atoms with van der Waals surface area (Å²) < 4.78 is 41.0. The molecular formula is C29H47N3O8SSi. The van der Waals surface area contributed by atoms with Crippen LogP contribution in [0.3, 0.4) is 0 Å². The molecule has 0 fully saturated rings. The Hall–Kier alpha value is -2.58. The Morgan fingerprint density at radius 3 is 2.31 bits per heavy atom. The normalized spacial score (nSPS) is 18.7. The molecule has 1 aromatic carbocycles. The monoisotopic (exact) mass is 625 g/mol. The van der Waals surface area contributed by atoms with Crippen molar-refractivity contribution in [1.82, 2.24) is 9.37 Å². The Bertz CT molecular complexity index is 1280. The van der Waals surface area contributed by atoms with E-state index in [1.165, 1.54) is 23.1 Å². The number of hydrogen-bond donors (Lipinski definition) is 0. The fraction of sp³-hybridized carbons (Fsp3) is 0.621. The van der Waals surface area contributed by atoms with Crippen LogP contribution < -0.4 is 0 Å². The number of sulfonamides is 1. The first kappa shape index (κ1) is 35.6. The molecule has 1 aromatic rings. The standard InChI is InChI=1S/C29H47N3O8SSi/c1-12-17-38-32(41(36,37)26-16-14-13-15-24(26)31(34)35)22-18-23(21(2)3)25(20-39-42(10,11)29(7,8)9)30(19-22)27(33)40-28(4,5)6/h12-16,18,21-22,25H,1,17,19-20H2,2-11H3/t22-,25-/m1/s1. The third kappa shape index (κ3) is 8.50. The van der Waals surface area contributed by atoms with Crippen LogP contribution in [-0.4, -0.2) is 74.6 Å². The molecule has 0 saturated carbocycles. The van der Waals surface area contributed by atoms with E-state index in [9.17, 15) is 23.3 Å². The molecule has 1 aliphatic heterocycles. The van der Waals surface area contributed by atoms with E-state index in [0.717, 1.165) is 22.2 Å². The van der Waals surface area contributed by atoms with Crippen molar-refractivity contribution in [1.29, 1.82) is 0 Å². The zero-order valence-corrected chi connectivity index (χ0v) is 28.4. The molecule has 1 aliphatic rings. The highest BCUT2D eigenvalue weighted by Gasteiger charge is 2.45. The second kappa shape index (κ2) is 13.4. The average molecular weight is 626 g/mol. The van der Waals surface area contributed by atoms with Crippen molar-refractivity contribution in [3.05, 3.63) is 58.7 Å². The fourth-order valence-electron chi connectivity index (χ4n) is 4.20. The Morgan fingerprint density at radius 2 is 1.81 bits per heavy atom. The van der Waals surface area contributed by atoms with Gasteiger partial charge in [0.05, 0.1) is 30.2 Å². The lowest BCUT2D eigenvalue weighted by Gasteiger charge is -2.45. The van der Waals surface area contributed by atoms with Crippen molar-refractivity contribution in [2.75, 3.05) is 19.8 Å². The molecule has 0 bridgehead atoms. The topological polar surface area (TPSA) is 129 Å². The maximum atomic E-state index is 14.0. The first-order valence-corrected chi connectivity index (χ1v) is 18.4. The second-order valence-corrected chi connectivity index (χ2v) is 19.7. The van der Waals surface area contributed by atoms with Crippen LogP contribution in [0.1, 0.15) is 55.4 Å². The van der Waals surface area contributed by atoms with Gasteiger partial charge in [0.25, 0.3) is 15.7 Å². The lowest BCUT2D eigenvalue weighted by molar-refractivity contribution is -0.388. The molecule has 0 saturated heterocycles. The summed E-state index contributed by atoms with van der Waals surface area (Å²) in [6.45, 7) is 23.3. The number of hydroxylamine groups is 1. The van der Waals surface area contributed by atoms with E-state index in [2.05, 4.69) is 40.4 Å². The highest BCUT2D eigenvalue weighted by atomic mass is 32.2. The van der Waals surface area contributed by atoms with Crippen molar-refractivity contribution in [3.8, 4) is 0 Å². The first-order valence-electron chi connectivity index (χ1n) is 14.0. The number of carbonyl (C=O) groups excluding carboxylic acids is 1. The van der Waals surface area contributed by atoms with E-state index >= 15 is 0 Å². The van der Waals surface area contributed by atoms with Crippen molar-refractivity contribution >= 4 is 30.1 Å². The molecule has 11 nitrogen and oxygen atoms in total. The minimum atomic E-state index is -4.58. The summed E-state index contributed by atoms with van der Waals surface area (Å²) in [6, 6.07) is 3.53. The zero-order valence-electron chi connectivity index (χ0n) is 26.5. The van der Waals surface area contributed by atoms with Gasteiger partial charge in [-0.25, -0.2) is 13.2 Å². The third-order valence-corrected chi connectivity index (χ3v) is 13.7. The SMILES string of the molecule is C=CCON([C@@H]1C=C(C(C)C)[C@@H](CO[Si](C)(C)C(C)(C)C)N(C(=O)OC(C)(C)C)C1)S(=O)(=O)c1ccccc1[N+](=O)[O-]. The number of nitro benzene ring substituents is 1. The highest BCUT2D eigenvalue weighted by molar-refractivity contribution is 7.89. The number of nitro groups is 1. The molecular weight excluding hydrogens is 578 g/mol. The molecule has 1 heterocycles. The molecule has 42 heavy (non-hydrogen) atoms. The van der Waals surface area contributed by atoms with Gasteiger partial charge >= 0.3 is 6.09 Å². The minimum Gasteiger partial charge on any atom is -0.444 e. The molecule has 13 heteroatoms. The Kier molecular flexibility index (Phi) is 11.3. The third-order valence-electron chi connectivity index (χ3n) is 7.40. The summed E-state index contributed by atoms with van der Waals surface area (Å²) >= 11 is 0. The predicted octanol–water partition coefficient (Wildman–Crippen LogP) is 6.30. The second-order valence-electron chi connectivity index (χ2n) is 13.2. The summed E-state index contributed by atoms with van der Waals surface area (Å²) in [7, 11) is -6.80. The number of amides is 1. The van der Waals surface area contributed by atoms with Gasteiger partial charge in [0.1, 0.15) is 5.60 Å². The van der Waals surface area contributed by atoms with E-state index in [1.54, 1.807) is 26.8 Å². The number of carbonyl (C=O) groups is 1. The van der Waals surface area contributed by atoms with Gasteiger partial charge in [-0.15, -0.1) is 6.58 Å². The van der Waals surface area contributed by atoms with E-state index in [4.69, 9.17) is 14.0 Å². The number of para-hydroxylation sites is 1. The summed E-state index contributed by atoms with van der Waals surface area (Å²) in [6.07, 6.45) is 2.51. The van der Waals surface area contributed by atoms with E-state index in [1.807, 2.05) is 13.8 Å². The quantitative estimate of drug-likeness (QED) is 0.121. The van der Waals surface area contributed by atoms with E-state index < -0.39 is 57.6 Å². The molecule has 0 aromatic heterocycles. The largest absolute Gasteiger partial charge is 0.444 e. The molecule has 0 aliphatic carbocycles. The van der Waals surface area contributed by atoms with Gasteiger partial charge in [-0.2, -0.15) is 0 Å². The predicted molar refractivity (Wildman–Crippen MR) is 165 cm³/mol. The lowest BCUT2D eigenvalue weighted by Crippen LogP contribution is -2.58. The van der Waals surface area contributed by atoms with Crippen molar-refractivity contribution < 1.29 is 32.1 Å². The molecule has 0 unspecified atom stereocenters. The van der Waals surface area contributed by atoms with Crippen LogP contribution in [0.5, 0.6) is 0 Å². The van der Waals surface area contributed by atoms with Gasteiger partial charge < -0.3 is 9.16 Å². The summed E-state index contributed by atoms with van der Waals surface area (Å²) in [4.78, 5) is 31.3. The van der Waals surface area contributed by atoms with Crippen LogP contribution in [0.15, 0.2) is 53.5 Å². The van der Waals surface area contributed by atoms with Gasteiger partial charge in [-0.1, -0.05) is 63.4 Å². The Balaban J connectivity index is 2.71. The molecule has 0 radical (unpaired) electrons. The van der Waals surface area contributed by atoms with Crippen molar-refractivity contribution in [3.63, 3.8) is 0 Å². The fourth-order valence-corrected chi connectivity index (χ4v) is 6.75. The van der Waals surface area contributed by atoms with E-state index in [-0.39, 0.29) is 30.7 Å². The molecule has 2 rings (SSSR count). The summed E-state index contributed by atoms with van der Waals surface area (Å²) in [5, 5.41) is 11.7. The molecule has 0 N–H and O–H groups in total. The number of nitrogens with zero attached hydrogens (tertiary/aromatic N) is 3. The van der Waals surface area contributed by atoms with Crippen LogP contribution in [-0.2, 0) is 24.0 Å². The van der Waals surface area contributed by atoms with Gasteiger partial charge in [-0.3, -0.25) is 19.9 Å². The number of benzene rings is 1. The first-order chi connectivity index (χ1) is 19.1.